The van der Waals surface area contributed by atoms with Gasteiger partial charge in [0.25, 0.3) is 11.8 Å². The van der Waals surface area contributed by atoms with Crippen LogP contribution in [0.1, 0.15) is 17.3 Å². The fraction of sp³-hybridized carbons (Fsp3) is 0.250. The topological polar surface area (TPSA) is 120 Å². The summed E-state index contributed by atoms with van der Waals surface area (Å²) in [4.78, 5) is 7.28. The van der Waals surface area contributed by atoms with E-state index >= 15 is 8.78 Å². The van der Waals surface area contributed by atoms with E-state index in [9.17, 15) is 5.11 Å². The SMILES string of the molecule is CN(C)c1c(F)c(Oc2cccc(C3NCCN3C)c2)nc(Oc2cc(C(=N)N)ccc2O)c1F. The molecule has 1 unspecified atom stereocenters. The highest BCUT2D eigenvalue weighted by molar-refractivity contribution is 5.95. The predicted octanol–water partition coefficient (Wildman–Crippen LogP) is 3.53. The summed E-state index contributed by atoms with van der Waals surface area (Å²) in [7, 11) is 4.92. The number of ether oxygens (including phenoxy) is 2. The number of amidine groups is 1. The molecular formula is C24H26F2N6O3. The van der Waals surface area contributed by atoms with Crippen molar-refractivity contribution in [1.29, 1.82) is 5.41 Å². The molecule has 2 heterocycles. The predicted molar refractivity (Wildman–Crippen MR) is 128 cm³/mol. The minimum absolute atomic E-state index is 0.0164. The third-order valence-electron chi connectivity index (χ3n) is 5.55. The van der Waals surface area contributed by atoms with Crippen molar-refractivity contribution in [2.45, 2.75) is 6.17 Å². The first kappa shape index (κ1) is 24.2. The van der Waals surface area contributed by atoms with Gasteiger partial charge in [0.15, 0.2) is 11.5 Å². The number of benzene rings is 2. The number of anilines is 1. The Labute approximate surface area is 201 Å². The zero-order valence-electron chi connectivity index (χ0n) is 19.5. The number of nitrogens with zero attached hydrogens (tertiary/aromatic N) is 3. The quantitative estimate of drug-likeness (QED) is 0.297. The molecule has 0 aliphatic carbocycles. The molecule has 3 aromatic rings. The van der Waals surface area contributed by atoms with Crippen LogP contribution >= 0.6 is 0 Å². The van der Waals surface area contributed by atoms with Gasteiger partial charge in [0.2, 0.25) is 11.6 Å². The van der Waals surface area contributed by atoms with Gasteiger partial charge in [0.05, 0.1) is 6.17 Å². The van der Waals surface area contributed by atoms with Gasteiger partial charge in [-0.2, -0.15) is 13.8 Å². The van der Waals surface area contributed by atoms with Crippen LogP contribution in [0.25, 0.3) is 0 Å². The molecule has 4 rings (SSSR count). The summed E-state index contributed by atoms with van der Waals surface area (Å²) in [5.74, 6) is -3.73. The van der Waals surface area contributed by atoms with E-state index in [-0.39, 0.29) is 29.1 Å². The number of aromatic hydroxyl groups is 1. The average Bonchev–Trinajstić information content (AvgIpc) is 3.24. The molecule has 0 radical (unpaired) electrons. The Balaban J connectivity index is 1.72. The zero-order valence-corrected chi connectivity index (χ0v) is 19.5. The van der Waals surface area contributed by atoms with Crippen LogP contribution in [-0.2, 0) is 0 Å². The number of nitrogen functional groups attached to an aromatic ring is 1. The molecule has 1 aromatic heterocycles. The van der Waals surface area contributed by atoms with Gasteiger partial charge in [-0.15, -0.1) is 0 Å². The van der Waals surface area contributed by atoms with E-state index < -0.39 is 29.1 Å². The van der Waals surface area contributed by atoms with Crippen molar-refractivity contribution in [3.8, 4) is 29.0 Å². The molecule has 1 aliphatic rings. The van der Waals surface area contributed by atoms with Crippen LogP contribution in [0.4, 0.5) is 14.5 Å². The lowest BCUT2D eigenvalue weighted by molar-refractivity contribution is 0.300. The molecule has 2 aromatic carbocycles. The fourth-order valence-electron chi connectivity index (χ4n) is 3.78. The molecule has 0 bridgehead atoms. The van der Waals surface area contributed by atoms with Crippen molar-refractivity contribution in [3.05, 3.63) is 65.2 Å². The lowest BCUT2D eigenvalue weighted by Gasteiger charge is -2.21. The van der Waals surface area contributed by atoms with E-state index in [1.807, 2.05) is 13.1 Å². The number of nitrogens with two attached hydrogens (primary N) is 1. The Morgan fingerprint density at radius 1 is 1.17 bits per heavy atom. The van der Waals surface area contributed by atoms with Crippen molar-refractivity contribution in [3.63, 3.8) is 0 Å². The molecule has 1 aliphatic heterocycles. The standard InChI is InChI=1S/C24H26F2N6O3/c1-31(2)20-18(25)23(34-15-6-4-5-14(11-15)22-29-9-10-32(22)3)30-24(19(20)26)35-17-12-13(21(27)28)7-8-16(17)33/h4-8,11-12,22,29,33H,9-10H2,1-3H3,(H3,27,28). The highest BCUT2D eigenvalue weighted by atomic mass is 19.1. The van der Waals surface area contributed by atoms with Crippen molar-refractivity contribution >= 4 is 11.5 Å². The molecule has 5 N–H and O–H groups in total. The second-order valence-corrected chi connectivity index (χ2v) is 8.30. The molecule has 184 valence electrons. The number of halogens is 2. The molecule has 1 atom stereocenters. The smallest absolute Gasteiger partial charge is 0.261 e. The molecule has 0 saturated carbocycles. The van der Waals surface area contributed by atoms with Crippen LogP contribution in [0, 0.1) is 17.0 Å². The maximum atomic E-state index is 15.3. The van der Waals surface area contributed by atoms with Gasteiger partial charge in [0, 0.05) is 32.7 Å². The fourth-order valence-corrected chi connectivity index (χ4v) is 3.78. The molecule has 1 fully saturated rings. The van der Waals surface area contributed by atoms with Crippen LogP contribution in [-0.4, -0.2) is 55.1 Å². The third-order valence-corrected chi connectivity index (χ3v) is 5.55. The summed E-state index contributed by atoms with van der Waals surface area (Å²) in [5.41, 5.74) is 6.22. The summed E-state index contributed by atoms with van der Waals surface area (Å²) < 4.78 is 41.7. The first-order valence-corrected chi connectivity index (χ1v) is 10.8. The Morgan fingerprint density at radius 2 is 1.89 bits per heavy atom. The summed E-state index contributed by atoms with van der Waals surface area (Å²) in [6.45, 7) is 1.72. The van der Waals surface area contributed by atoms with E-state index in [1.54, 1.807) is 18.2 Å². The maximum Gasteiger partial charge on any atom is 0.261 e. The van der Waals surface area contributed by atoms with Crippen LogP contribution in [0.5, 0.6) is 29.0 Å². The van der Waals surface area contributed by atoms with Crippen molar-refractivity contribution in [2.75, 3.05) is 39.1 Å². The summed E-state index contributed by atoms with van der Waals surface area (Å²) in [5, 5.41) is 21.1. The Morgan fingerprint density at radius 3 is 2.51 bits per heavy atom. The minimum atomic E-state index is -1.09. The van der Waals surface area contributed by atoms with Crippen LogP contribution in [0.2, 0.25) is 0 Å². The van der Waals surface area contributed by atoms with Gasteiger partial charge >= 0.3 is 0 Å². The first-order valence-electron chi connectivity index (χ1n) is 10.8. The second-order valence-electron chi connectivity index (χ2n) is 8.30. The molecule has 35 heavy (non-hydrogen) atoms. The first-order chi connectivity index (χ1) is 16.7. The zero-order chi connectivity index (χ0) is 25.3. The lowest BCUT2D eigenvalue weighted by atomic mass is 10.1. The van der Waals surface area contributed by atoms with E-state index in [4.69, 9.17) is 20.6 Å². The number of likely N-dealkylation sites (N-methyl/N-ethyl adjacent to an activating group) is 1. The normalized spacial score (nSPS) is 15.7. The highest BCUT2D eigenvalue weighted by Crippen LogP contribution is 2.39. The molecule has 0 amide bonds. The maximum absolute atomic E-state index is 15.3. The number of nitrogens with one attached hydrogen (secondary N) is 2. The summed E-state index contributed by atoms with van der Waals surface area (Å²) in [6, 6.07) is 11.0. The molecule has 11 heteroatoms. The van der Waals surface area contributed by atoms with Crippen LogP contribution in [0.15, 0.2) is 42.5 Å². The van der Waals surface area contributed by atoms with Gasteiger partial charge in [-0.05, 0) is 42.9 Å². The number of rotatable bonds is 7. The molecule has 1 saturated heterocycles. The number of aromatic nitrogens is 1. The van der Waals surface area contributed by atoms with Crippen LogP contribution < -0.4 is 25.4 Å². The van der Waals surface area contributed by atoms with E-state index in [0.717, 1.165) is 18.7 Å². The largest absolute Gasteiger partial charge is 0.504 e. The molecule has 9 nitrogen and oxygen atoms in total. The van der Waals surface area contributed by atoms with Gasteiger partial charge in [-0.3, -0.25) is 15.6 Å². The van der Waals surface area contributed by atoms with Gasteiger partial charge in [0.1, 0.15) is 17.3 Å². The average molecular weight is 485 g/mol. The van der Waals surface area contributed by atoms with E-state index in [2.05, 4.69) is 15.2 Å². The number of hydrogen-bond acceptors (Lipinski definition) is 8. The second kappa shape index (κ2) is 9.72. The van der Waals surface area contributed by atoms with Crippen molar-refractivity contribution < 1.29 is 23.4 Å². The lowest BCUT2D eigenvalue weighted by Crippen LogP contribution is -2.23. The summed E-state index contributed by atoms with van der Waals surface area (Å²) in [6.07, 6.45) is -0.0164. The number of hydrogen-bond donors (Lipinski definition) is 4. The minimum Gasteiger partial charge on any atom is -0.504 e. The number of pyridine rings is 1. The molecular weight excluding hydrogens is 458 g/mol. The highest BCUT2D eigenvalue weighted by Gasteiger charge is 2.26. The van der Waals surface area contributed by atoms with Crippen molar-refractivity contribution in [2.24, 2.45) is 5.73 Å². The Hall–Kier alpha value is -3.96. The van der Waals surface area contributed by atoms with Gasteiger partial charge < -0.3 is 25.2 Å². The molecule has 0 spiro atoms. The summed E-state index contributed by atoms with van der Waals surface area (Å²) >= 11 is 0. The van der Waals surface area contributed by atoms with Gasteiger partial charge in [-0.25, -0.2) is 0 Å². The Kier molecular flexibility index (Phi) is 6.72. The van der Waals surface area contributed by atoms with E-state index in [0.29, 0.717) is 5.75 Å². The van der Waals surface area contributed by atoms with Crippen LogP contribution in [0.3, 0.4) is 0 Å². The third kappa shape index (κ3) is 4.96. The van der Waals surface area contributed by atoms with Crippen molar-refractivity contribution in [1.82, 2.24) is 15.2 Å². The van der Waals surface area contributed by atoms with Gasteiger partial charge in [-0.1, -0.05) is 12.1 Å². The number of phenolic OH excluding ortho intramolecular Hbond substituents is 1. The van der Waals surface area contributed by atoms with E-state index in [1.165, 1.54) is 37.2 Å². The Bertz CT molecular complexity index is 1270. The monoisotopic (exact) mass is 484 g/mol. The number of phenols is 1.